The van der Waals surface area contributed by atoms with Crippen LogP contribution in [-0.2, 0) is 4.79 Å². The summed E-state index contributed by atoms with van der Waals surface area (Å²) in [5.74, 6) is -1.26. The summed E-state index contributed by atoms with van der Waals surface area (Å²) in [6, 6.07) is 3.14. The van der Waals surface area contributed by atoms with Gasteiger partial charge in [-0.2, -0.15) is 0 Å². The van der Waals surface area contributed by atoms with Crippen LogP contribution in [0.4, 0.5) is 8.78 Å². The monoisotopic (exact) mass is 282 g/mol. The van der Waals surface area contributed by atoms with E-state index in [-0.39, 0.29) is 11.9 Å². The van der Waals surface area contributed by atoms with Crippen LogP contribution >= 0.6 is 0 Å². The van der Waals surface area contributed by atoms with Crippen molar-refractivity contribution in [3.05, 3.63) is 35.4 Å². The van der Waals surface area contributed by atoms with Gasteiger partial charge in [0, 0.05) is 18.2 Å². The van der Waals surface area contributed by atoms with Crippen molar-refractivity contribution >= 4 is 5.91 Å². The van der Waals surface area contributed by atoms with Crippen molar-refractivity contribution in [2.75, 3.05) is 6.54 Å². The van der Waals surface area contributed by atoms with E-state index in [9.17, 15) is 13.6 Å². The maximum Gasteiger partial charge on any atom is 0.241 e. The van der Waals surface area contributed by atoms with Gasteiger partial charge in [-0.1, -0.05) is 19.8 Å². The largest absolute Gasteiger partial charge is 0.321 e. The zero-order valence-corrected chi connectivity index (χ0v) is 11.8. The molecule has 2 rings (SSSR count). The minimum Gasteiger partial charge on any atom is -0.321 e. The van der Waals surface area contributed by atoms with Gasteiger partial charge in [0.25, 0.3) is 0 Å². The summed E-state index contributed by atoms with van der Waals surface area (Å²) in [7, 11) is 0. The summed E-state index contributed by atoms with van der Waals surface area (Å²) in [4.78, 5) is 13.8. The van der Waals surface area contributed by atoms with Gasteiger partial charge in [-0.25, -0.2) is 8.78 Å². The second-order valence-electron chi connectivity index (χ2n) is 5.20. The van der Waals surface area contributed by atoms with Crippen LogP contribution in [0.2, 0.25) is 0 Å². The molecule has 0 bridgehead atoms. The third-order valence-electron chi connectivity index (χ3n) is 3.63. The highest BCUT2D eigenvalue weighted by atomic mass is 19.1. The lowest BCUT2D eigenvalue weighted by Crippen LogP contribution is -2.32. The number of nitrogens with one attached hydrogen (secondary N) is 1. The molecule has 2 unspecified atom stereocenters. The van der Waals surface area contributed by atoms with Crippen molar-refractivity contribution in [2.45, 2.75) is 45.3 Å². The summed E-state index contributed by atoms with van der Waals surface area (Å²) in [6.07, 6.45) is 2.46. The first-order chi connectivity index (χ1) is 9.54. The Balaban J connectivity index is 2.21. The maximum atomic E-state index is 13.9. The lowest BCUT2D eigenvalue weighted by atomic mass is 10.1. The number of benzene rings is 1. The molecule has 0 radical (unpaired) electrons. The topological polar surface area (TPSA) is 32.3 Å². The molecule has 0 spiro atoms. The molecule has 1 amide bonds. The first-order valence-corrected chi connectivity index (χ1v) is 7.06. The fourth-order valence-electron chi connectivity index (χ4n) is 2.53. The zero-order chi connectivity index (χ0) is 14.7. The highest BCUT2D eigenvalue weighted by molar-refractivity contribution is 5.84. The van der Waals surface area contributed by atoms with E-state index in [2.05, 4.69) is 12.2 Å². The van der Waals surface area contributed by atoms with Gasteiger partial charge in [-0.15, -0.1) is 0 Å². The quantitative estimate of drug-likeness (QED) is 0.842. The van der Waals surface area contributed by atoms with E-state index in [1.54, 1.807) is 11.8 Å². The summed E-state index contributed by atoms with van der Waals surface area (Å²) in [5, 5.41) is 3.07. The molecule has 5 heteroatoms. The molecule has 1 heterocycles. The van der Waals surface area contributed by atoms with E-state index >= 15 is 0 Å². The molecule has 3 nitrogen and oxygen atoms in total. The van der Waals surface area contributed by atoms with Crippen molar-refractivity contribution in [3.63, 3.8) is 0 Å². The van der Waals surface area contributed by atoms with Gasteiger partial charge in [-0.05, 0) is 25.5 Å². The molecule has 1 aromatic rings. The van der Waals surface area contributed by atoms with Crippen LogP contribution in [0.25, 0.3) is 0 Å². The minimum absolute atomic E-state index is 0.0326. The second kappa shape index (κ2) is 6.31. The lowest BCUT2D eigenvalue weighted by molar-refractivity contribution is -0.129. The second-order valence-corrected chi connectivity index (χ2v) is 5.20. The highest BCUT2D eigenvalue weighted by Crippen LogP contribution is 2.28. The molecule has 1 N–H and O–H groups in total. The van der Waals surface area contributed by atoms with E-state index in [4.69, 9.17) is 0 Å². The lowest BCUT2D eigenvalue weighted by Gasteiger charge is -2.25. The molecule has 1 aliphatic rings. The fourth-order valence-corrected chi connectivity index (χ4v) is 2.53. The Morgan fingerprint density at radius 3 is 2.70 bits per heavy atom. The molecular formula is C15H20F2N2O. The molecule has 0 saturated carbocycles. The smallest absolute Gasteiger partial charge is 0.241 e. The first kappa shape index (κ1) is 14.9. The predicted molar refractivity (Wildman–Crippen MR) is 72.9 cm³/mol. The van der Waals surface area contributed by atoms with Crippen molar-refractivity contribution in [1.29, 1.82) is 0 Å². The summed E-state index contributed by atoms with van der Waals surface area (Å²) in [6.45, 7) is 4.44. The Morgan fingerprint density at radius 1 is 1.30 bits per heavy atom. The molecule has 1 aromatic carbocycles. The van der Waals surface area contributed by atoms with Crippen LogP contribution in [0.1, 0.15) is 44.8 Å². The number of hydrogen-bond acceptors (Lipinski definition) is 2. The fraction of sp³-hybridized carbons (Fsp3) is 0.533. The molecule has 1 saturated heterocycles. The van der Waals surface area contributed by atoms with Gasteiger partial charge >= 0.3 is 0 Å². The van der Waals surface area contributed by atoms with Crippen LogP contribution in [0.15, 0.2) is 18.2 Å². The van der Waals surface area contributed by atoms with E-state index in [1.807, 2.05) is 0 Å². The van der Waals surface area contributed by atoms with Crippen LogP contribution < -0.4 is 5.32 Å². The number of rotatable bonds is 5. The number of carbonyl (C=O) groups excluding carboxylic acids is 1. The number of hydrogen-bond donors (Lipinski definition) is 1. The molecule has 0 aliphatic carbocycles. The van der Waals surface area contributed by atoms with Gasteiger partial charge in [0.15, 0.2) is 0 Å². The van der Waals surface area contributed by atoms with Crippen LogP contribution in [0.3, 0.4) is 0 Å². The molecular weight excluding hydrogens is 262 g/mol. The normalized spacial score (nSPS) is 22.6. The zero-order valence-electron chi connectivity index (χ0n) is 11.8. The molecule has 110 valence electrons. The van der Waals surface area contributed by atoms with Crippen molar-refractivity contribution in [2.24, 2.45) is 0 Å². The Hall–Kier alpha value is -1.49. The Morgan fingerprint density at radius 2 is 2.05 bits per heavy atom. The third kappa shape index (κ3) is 2.98. The van der Waals surface area contributed by atoms with Gasteiger partial charge < -0.3 is 4.90 Å². The van der Waals surface area contributed by atoms with Crippen molar-refractivity contribution in [3.8, 4) is 0 Å². The van der Waals surface area contributed by atoms with Crippen molar-refractivity contribution in [1.82, 2.24) is 10.2 Å². The van der Waals surface area contributed by atoms with E-state index in [1.165, 1.54) is 12.1 Å². The van der Waals surface area contributed by atoms with Crippen LogP contribution in [-0.4, -0.2) is 23.4 Å². The van der Waals surface area contributed by atoms with Gasteiger partial charge in [-0.3, -0.25) is 10.1 Å². The van der Waals surface area contributed by atoms with Crippen molar-refractivity contribution < 1.29 is 13.6 Å². The Bertz CT molecular complexity index is 493. The van der Waals surface area contributed by atoms with E-state index in [0.29, 0.717) is 12.1 Å². The highest BCUT2D eigenvalue weighted by Gasteiger charge is 2.37. The van der Waals surface area contributed by atoms with Crippen LogP contribution in [0.5, 0.6) is 0 Å². The standard InChI is InChI=1S/C15H20F2N2O/c1-3-4-5-8-19-14(18-10(2)15(19)20)12-7-6-11(16)9-13(12)17/h6-7,9-10,14,18H,3-5,8H2,1-2H3. The maximum absolute atomic E-state index is 13.9. The van der Waals surface area contributed by atoms with E-state index < -0.39 is 17.8 Å². The number of amides is 1. The van der Waals surface area contributed by atoms with Crippen LogP contribution in [0, 0.1) is 11.6 Å². The summed E-state index contributed by atoms with van der Waals surface area (Å²) in [5.41, 5.74) is 0.320. The average Bonchev–Trinajstić information content (AvgIpc) is 2.67. The van der Waals surface area contributed by atoms with Gasteiger partial charge in [0.2, 0.25) is 5.91 Å². The molecule has 0 aromatic heterocycles. The molecule has 2 atom stereocenters. The third-order valence-corrected chi connectivity index (χ3v) is 3.63. The Labute approximate surface area is 118 Å². The number of unbranched alkanes of at least 4 members (excludes halogenated alkanes) is 2. The first-order valence-electron chi connectivity index (χ1n) is 7.06. The van der Waals surface area contributed by atoms with E-state index in [0.717, 1.165) is 25.3 Å². The summed E-state index contributed by atoms with van der Waals surface area (Å²) < 4.78 is 26.9. The SMILES string of the molecule is CCCCCN1C(=O)C(C)NC1c1ccc(F)cc1F. The molecule has 20 heavy (non-hydrogen) atoms. The minimum atomic E-state index is -0.620. The molecule has 1 aliphatic heterocycles. The van der Waals surface area contributed by atoms with Gasteiger partial charge in [0.1, 0.15) is 17.8 Å². The van der Waals surface area contributed by atoms with Gasteiger partial charge in [0.05, 0.1) is 6.04 Å². The Kier molecular flexibility index (Phi) is 4.70. The molecule has 1 fully saturated rings. The number of carbonyl (C=O) groups is 1. The number of nitrogens with zero attached hydrogens (tertiary/aromatic N) is 1. The predicted octanol–water partition coefficient (Wildman–Crippen LogP) is 2.97. The summed E-state index contributed by atoms with van der Waals surface area (Å²) >= 11 is 0. The average molecular weight is 282 g/mol. The number of halogens is 2.